The Hall–Kier alpha value is -2.56. The zero-order valence-electron chi connectivity index (χ0n) is 16.4. The van der Waals surface area contributed by atoms with Crippen LogP contribution in [0.15, 0.2) is 47.0 Å². The van der Waals surface area contributed by atoms with E-state index in [1.54, 1.807) is 24.3 Å². The minimum absolute atomic E-state index is 0.141. The fourth-order valence-electron chi connectivity index (χ4n) is 3.60. The van der Waals surface area contributed by atoms with Crippen LogP contribution in [0, 0.1) is 0 Å². The minimum Gasteiger partial charge on any atom is -0.481 e. The number of carbonyl (C=O) groups is 1. The lowest BCUT2D eigenvalue weighted by atomic mass is 9.89. The number of aliphatic imine (C=N–C) groups is 1. The van der Waals surface area contributed by atoms with Crippen LogP contribution in [0.25, 0.3) is 0 Å². The Morgan fingerprint density at radius 1 is 1.13 bits per heavy atom. The number of ketones is 1. The average molecular weight is 417 g/mol. The highest BCUT2D eigenvalue weighted by atomic mass is 16.7. The van der Waals surface area contributed by atoms with Crippen LogP contribution in [0.5, 0.6) is 11.5 Å². The fourth-order valence-corrected chi connectivity index (χ4v) is 3.60. The summed E-state index contributed by atoms with van der Waals surface area (Å²) in [5.74, 6) is 0.517. The Balaban J connectivity index is 1.62. The monoisotopic (exact) mass is 417 g/mol. The van der Waals surface area contributed by atoms with Gasteiger partial charge < -0.3 is 34.6 Å². The third kappa shape index (κ3) is 3.66. The number of rotatable bonds is 3. The van der Waals surface area contributed by atoms with Gasteiger partial charge in [-0.15, -0.1) is 0 Å². The van der Waals surface area contributed by atoms with Crippen LogP contribution >= 0.6 is 0 Å². The molecule has 2 heterocycles. The third-order valence-corrected chi connectivity index (χ3v) is 5.25. The molecule has 1 aromatic rings. The number of ether oxygens (including phenoxy) is 3. The number of allylic oxidation sites excluding steroid dienone is 3. The number of aliphatic hydroxyl groups excluding tert-OH is 4. The highest BCUT2D eigenvalue weighted by Gasteiger charge is 2.45. The van der Waals surface area contributed by atoms with Crippen molar-refractivity contribution in [1.82, 2.24) is 0 Å². The Morgan fingerprint density at radius 3 is 2.63 bits per heavy atom. The Labute approximate surface area is 172 Å². The summed E-state index contributed by atoms with van der Waals surface area (Å²) in [7, 11) is 0. The number of aliphatic hydroxyl groups is 4. The summed E-state index contributed by atoms with van der Waals surface area (Å²) in [6.45, 7) is 3.09. The zero-order valence-corrected chi connectivity index (χ0v) is 16.4. The van der Waals surface area contributed by atoms with Crippen molar-refractivity contribution >= 4 is 17.2 Å². The van der Waals surface area contributed by atoms with Gasteiger partial charge in [0.2, 0.25) is 6.29 Å². The van der Waals surface area contributed by atoms with Crippen molar-refractivity contribution in [3.05, 3.63) is 42.0 Å². The molecule has 0 bridgehead atoms. The second kappa shape index (κ2) is 7.60. The molecule has 1 saturated heterocycles. The van der Waals surface area contributed by atoms with E-state index in [2.05, 4.69) is 4.99 Å². The summed E-state index contributed by atoms with van der Waals surface area (Å²) in [5.41, 5.74) is 0.969. The predicted octanol–water partition coefficient (Wildman–Crippen LogP) is 0.174. The van der Waals surface area contributed by atoms with E-state index in [1.165, 1.54) is 12.2 Å². The highest BCUT2D eigenvalue weighted by molar-refractivity contribution is 6.21. The van der Waals surface area contributed by atoms with E-state index in [1.807, 2.05) is 13.8 Å². The molecule has 1 aliphatic carbocycles. The molecule has 0 radical (unpaired) electrons. The standard InChI is InChI=1S/C21H23NO8/c1-21(2)12-7-10(24)3-5-13(12)22-14-6-4-11(8-15(14)30-21)28-20-19(27)18(26)17(25)16(9-23)29-20/h3-8,16-20,23,25-27H,9H2,1-2H3. The van der Waals surface area contributed by atoms with Gasteiger partial charge in [0.15, 0.2) is 5.78 Å². The Bertz CT molecular complexity index is 948. The number of fused-ring (bicyclic) bond motifs is 2. The van der Waals surface area contributed by atoms with E-state index in [9.17, 15) is 25.2 Å². The van der Waals surface area contributed by atoms with Gasteiger partial charge in [-0.25, -0.2) is 4.99 Å². The SMILES string of the molecule is CC1(C)Oc2cc(OC3OC(CO)C(O)C(O)C3O)ccc2N=C2C=CC(=O)C=C21. The predicted molar refractivity (Wildman–Crippen MR) is 105 cm³/mol. The molecule has 1 aromatic carbocycles. The summed E-state index contributed by atoms with van der Waals surface area (Å²) < 4.78 is 17.2. The molecule has 0 aromatic heterocycles. The summed E-state index contributed by atoms with van der Waals surface area (Å²) in [4.78, 5) is 16.4. The number of benzene rings is 1. The second-order valence-corrected chi connectivity index (χ2v) is 7.85. The van der Waals surface area contributed by atoms with Crippen LogP contribution < -0.4 is 9.47 Å². The van der Waals surface area contributed by atoms with Gasteiger partial charge >= 0.3 is 0 Å². The average Bonchev–Trinajstić information content (AvgIpc) is 2.81. The first-order valence-corrected chi connectivity index (χ1v) is 9.53. The molecular formula is C21H23NO8. The van der Waals surface area contributed by atoms with Crippen LogP contribution in [0.3, 0.4) is 0 Å². The lowest BCUT2D eigenvalue weighted by Gasteiger charge is -2.39. The minimum atomic E-state index is -1.54. The number of hydrogen-bond donors (Lipinski definition) is 4. The number of nitrogens with zero attached hydrogens (tertiary/aromatic N) is 1. The van der Waals surface area contributed by atoms with Gasteiger partial charge in [-0.2, -0.15) is 0 Å². The third-order valence-electron chi connectivity index (χ3n) is 5.25. The molecule has 9 heteroatoms. The molecule has 30 heavy (non-hydrogen) atoms. The molecule has 2 aliphatic heterocycles. The van der Waals surface area contributed by atoms with E-state index in [-0.39, 0.29) is 11.5 Å². The van der Waals surface area contributed by atoms with E-state index in [0.717, 1.165) is 0 Å². The molecule has 160 valence electrons. The van der Waals surface area contributed by atoms with E-state index in [0.29, 0.717) is 22.7 Å². The first-order chi connectivity index (χ1) is 14.2. The van der Waals surface area contributed by atoms with Gasteiger partial charge in [0.1, 0.15) is 47.2 Å². The summed E-state index contributed by atoms with van der Waals surface area (Å²) in [5, 5.41) is 39.3. The Kier molecular flexibility index (Phi) is 5.25. The van der Waals surface area contributed by atoms with Gasteiger partial charge in [0.05, 0.1) is 12.3 Å². The van der Waals surface area contributed by atoms with Crippen molar-refractivity contribution in [2.75, 3.05) is 6.61 Å². The molecule has 0 spiro atoms. The lowest BCUT2D eigenvalue weighted by molar-refractivity contribution is -0.277. The van der Waals surface area contributed by atoms with Crippen LogP contribution in [-0.2, 0) is 9.53 Å². The van der Waals surface area contributed by atoms with Crippen LogP contribution in [-0.4, -0.2) is 74.8 Å². The van der Waals surface area contributed by atoms with Gasteiger partial charge in [0, 0.05) is 11.6 Å². The van der Waals surface area contributed by atoms with Crippen molar-refractivity contribution in [2.45, 2.75) is 50.2 Å². The zero-order chi connectivity index (χ0) is 21.6. The van der Waals surface area contributed by atoms with Crippen molar-refractivity contribution in [2.24, 2.45) is 4.99 Å². The van der Waals surface area contributed by atoms with E-state index in [4.69, 9.17) is 14.2 Å². The molecule has 9 nitrogen and oxygen atoms in total. The van der Waals surface area contributed by atoms with Gasteiger partial charge in [-0.1, -0.05) is 0 Å². The molecule has 3 aliphatic rings. The maximum absolute atomic E-state index is 11.8. The summed E-state index contributed by atoms with van der Waals surface area (Å²) in [6.07, 6.45) is -2.33. The molecule has 5 unspecified atom stereocenters. The van der Waals surface area contributed by atoms with Crippen molar-refractivity contribution in [3.63, 3.8) is 0 Å². The molecule has 4 N–H and O–H groups in total. The van der Waals surface area contributed by atoms with Crippen molar-refractivity contribution in [3.8, 4) is 11.5 Å². The van der Waals surface area contributed by atoms with Crippen molar-refractivity contribution in [1.29, 1.82) is 0 Å². The molecular weight excluding hydrogens is 394 g/mol. The molecule has 4 rings (SSSR count). The van der Waals surface area contributed by atoms with Crippen molar-refractivity contribution < 1.29 is 39.4 Å². The summed E-state index contributed by atoms with van der Waals surface area (Å²) in [6, 6.07) is 4.81. The van der Waals surface area contributed by atoms with Gasteiger partial charge in [-0.05, 0) is 44.2 Å². The van der Waals surface area contributed by atoms with Crippen LogP contribution in [0.1, 0.15) is 13.8 Å². The molecule has 0 saturated carbocycles. The summed E-state index contributed by atoms with van der Waals surface area (Å²) >= 11 is 0. The number of hydrogen-bond acceptors (Lipinski definition) is 9. The molecule has 1 fully saturated rings. The molecule has 5 atom stereocenters. The van der Waals surface area contributed by atoms with Gasteiger partial charge in [-0.3, -0.25) is 4.79 Å². The van der Waals surface area contributed by atoms with Crippen LogP contribution in [0.2, 0.25) is 0 Å². The smallest absolute Gasteiger partial charge is 0.229 e. The van der Waals surface area contributed by atoms with E-state index >= 15 is 0 Å². The quantitative estimate of drug-likeness (QED) is 0.511. The lowest BCUT2D eigenvalue weighted by Crippen LogP contribution is -2.60. The Morgan fingerprint density at radius 2 is 1.90 bits per heavy atom. The second-order valence-electron chi connectivity index (χ2n) is 7.85. The van der Waals surface area contributed by atoms with Gasteiger partial charge in [0.25, 0.3) is 0 Å². The first kappa shape index (κ1) is 20.7. The van der Waals surface area contributed by atoms with E-state index < -0.39 is 42.9 Å². The fraction of sp³-hybridized carbons (Fsp3) is 0.429. The molecule has 0 amide bonds. The highest BCUT2D eigenvalue weighted by Crippen LogP contribution is 2.41. The maximum Gasteiger partial charge on any atom is 0.229 e. The van der Waals surface area contributed by atoms with Crippen LogP contribution in [0.4, 0.5) is 5.69 Å². The largest absolute Gasteiger partial charge is 0.481 e. The normalized spacial score (nSPS) is 32.2. The number of carbonyl (C=O) groups excluding carboxylic acids is 1. The topological polar surface area (TPSA) is 138 Å². The first-order valence-electron chi connectivity index (χ1n) is 9.53. The maximum atomic E-state index is 11.8.